The number of amides is 2. The Bertz CT molecular complexity index is 1130. The van der Waals surface area contributed by atoms with Gasteiger partial charge in [0.15, 0.2) is 5.01 Å². The van der Waals surface area contributed by atoms with Gasteiger partial charge in [-0.15, -0.1) is 11.3 Å². The molecule has 0 atom stereocenters. The standard InChI is InChI=1S/C21H20ClN5O3S/c1-27-8-7-16-17(11-27)31-21(25-16)20(29)24-15-5-4-13(30-2)9-14(15)19(28)26-18-6-3-12(22)10-23-18/h3-6,9-10H,7-8,11H2,1-2H3,(H,24,29)(H,23,26,28). The topological polar surface area (TPSA) is 96.5 Å². The second-order valence-corrected chi connectivity index (χ2v) is 8.58. The van der Waals surface area contributed by atoms with Crippen molar-refractivity contribution in [2.24, 2.45) is 0 Å². The summed E-state index contributed by atoms with van der Waals surface area (Å²) in [5, 5.41) is 6.35. The molecule has 1 aliphatic heterocycles. The van der Waals surface area contributed by atoms with Gasteiger partial charge in [0, 0.05) is 30.6 Å². The predicted molar refractivity (Wildman–Crippen MR) is 120 cm³/mol. The van der Waals surface area contributed by atoms with Gasteiger partial charge in [-0.05, 0) is 37.4 Å². The molecular weight excluding hydrogens is 438 g/mol. The molecule has 2 aromatic heterocycles. The molecule has 160 valence electrons. The number of halogens is 1. The summed E-state index contributed by atoms with van der Waals surface area (Å²) in [6.45, 7) is 1.70. The number of fused-ring (bicyclic) bond motifs is 1. The summed E-state index contributed by atoms with van der Waals surface area (Å²) in [5.41, 5.74) is 1.56. The molecule has 3 heterocycles. The van der Waals surface area contributed by atoms with E-state index < -0.39 is 5.91 Å². The zero-order valence-electron chi connectivity index (χ0n) is 16.9. The van der Waals surface area contributed by atoms with Crippen molar-refractivity contribution in [3.63, 3.8) is 0 Å². The minimum absolute atomic E-state index is 0.241. The number of likely N-dealkylation sites (N-methyl/N-ethyl adjacent to an activating group) is 1. The molecule has 0 aliphatic carbocycles. The zero-order chi connectivity index (χ0) is 22.0. The first kappa shape index (κ1) is 21.2. The third kappa shape index (κ3) is 4.84. The number of ether oxygens (including phenoxy) is 1. The molecule has 0 saturated carbocycles. The Labute approximate surface area is 188 Å². The Morgan fingerprint density at radius 2 is 2.03 bits per heavy atom. The average molecular weight is 458 g/mol. The Balaban J connectivity index is 1.57. The molecule has 10 heteroatoms. The Hall–Kier alpha value is -3.01. The van der Waals surface area contributed by atoms with Gasteiger partial charge < -0.3 is 20.3 Å². The van der Waals surface area contributed by atoms with E-state index in [2.05, 4.69) is 25.5 Å². The highest BCUT2D eigenvalue weighted by Gasteiger charge is 2.23. The summed E-state index contributed by atoms with van der Waals surface area (Å²) < 4.78 is 5.24. The van der Waals surface area contributed by atoms with Crippen molar-refractivity contribution in [3.8, 4) is 5.75 Å². The van der Waals surface area contributed by atoms with Gasteiger partial charge in [-0.2, -0.15) is 0 Å². The van der Waals surface area contributed by atoms with Crippen molar-refractivity contribution in [1.29, 1.82) is 0 Å². The second-order valence-electron chi connectivity index (χ2n) is 7.06. The van der Waals surface area contributed by atoms with Gasteiger partial charge in [0.1, 0.15) is 11.6 Å². The number of anilines is 2. The van der Waals surface area contributed by atoms with Crippen LogP contribution in [0.25, 0.3) is 0 Å². The number of carbonyl (C=O) groups excluding carboxylic acids is 2. The van der Waals surface area contributed by atoms with Crippen LogP contribution in [0.15, 0.2) is 36.5 Å². The third-order valence-corrected chi connectivity index (χ3v) is 6.11. The van der Waals surface area contributed by atoms with E-state index >= 15 is 0 Å². The van der Waals surface area contributed by atoms with Gasteiger partial charge in [-0.1, -0.05) is 11.6 Å². The highest BCUT2D eigenvalue weighted by molar-refractivity contribution is 7.13. The maximum atomic E-state index is 12.9. The molecule has 0 saturated heterocycles. The summed E-state index contributed by atoms with van der Waals surface area (Å²) in [7, 11) is 3.55. The minimum atomic E-state index is -0.441. The molecule has 0 bridgehead atoms. The van der Waals surface area contributed by atoms with E-state index in [4.69, 9.17) is 16.3 Å². The van der Waals surface area contributed by atoms with E-state index in [0.29, 0.717) is 27.3 Å². The molecular formula is C21H20ClN5O3S. The minimum Gasteiger partial charge on any atom is -0.497 e. The van der Waals surface area contributed by atoms with Crippen LogP contribution >= 0.6 is 22.9 Å². The molecule has 2 amide bonds. The van der Waals surface area contributed by atoms with Crippen LogP contribution in [0.1, 0.15) is 30.7 Å². The fourth-order valence-electron chi connectivity index (χ4n) is 3.18. The number of hydrogen-bond acceptors (Lipinski definition) is 7. The summed E-state index contributed by atoms with van der Waals surface area (Å²) >= 11 is 7.22. The molecule has 4 rings (SSSR count). The van der Waals surface area contributed by atoms with Crippen LogP contribution in [0.4, 0.5) is 11.5 Å². The van der Waals surface area contributed by atoms with Crippen LogP contribution in [-0.4, -0.2) is 47.4 Å². The van der Waals surface area contributed by atoms with Crippen LogP contribution in [0.3, 0.4) is 0 Å². The highest BCUT2D eigenvalue weighted by Crippen LogP contribution is 2.27. The Kier molecular flexibility index (Phi) is 6.17. The SMILES string of the molecule is COc1ccc(NC(=O)c2nc3c(s2)CN(C)CC3)c(C(=O)Nc2ccc(Cl)cn2)c1. The molecule has 0 unspecified atom stereocenters. The summed E-state index contributed by atoms with van der Waals surface area (Å²) in [4.78, 5) is 37.6. The number of benzene rings is 1. The van der Waals surface area contributed by atoms with Crippen molar-refractivity contribution >= 4 is 46.3 Å². The molecule has 0 radical (unpaired) electrons. The summed E-state index contributed by atoms with van der Waals surface area (Å²) in [6, 6.07) is 8.08. The van der Waals surface area contributed by atoms with Crippen LogP contribution < -0.4 is 15.4 Å². The lowest BCUT2D eigenvalue weighted by Crippen LogP contribution is -2.25. The highest BCUT2D eigenvalue weighted by atomic mass is 35.5. The first-order valence-corrected chi connectivity index (χ1v) is 10.7. The number of aromatic nitrogens is 2. The number of hydrogen-bond donors (Lipinski definition) is 2. The fourth-order valence-corrected chi connectivity index (χ4v) is 4.37. The number of pyridine rings is 1. The van der Waals surface area contributed by atoms with Crippen molar-refractivity contribution in [2.75, 3.05) is 31.3 Å². The smallest absolute Gasteiger partial charge is 0.284 e. The monoisotopic (exact) mass is 457 g/mol. The van der Waals surface area contributed by atoms with Crippen LogP contribution in [0.5, 0.6) is 5.75 Å². The number of methoxy groups -OCH3 is 1. The van der Waals surface area contributed by atoms with E-state index in [1.54, 1.807) is 30.3 Å². The molecule has 1 aromatic carbocycles. The van der Waals surface area contributed by atoms with Crippen LogP contribution in [0.2, 0.25) is 5.02 Å². The van der Waals surface area contributed by atoms with Gasteiger partial charge in [-0.3, -0.25) is 9.59 Å². The van der Waals surface area contributed by atoms with E-state index in [9.17, 15) is 9.59 Å². The number of rotatable bonds is 5. The molecule has 0 spiro atoms. The predicted octanol–water partition coefficient (Wildman–Crippen LogP) is 3.69. The fraction of sp³-hybridized carbons (Fsp3) is 0.238. The van der Waals surface area contributed by atoms with Crippen molar-refractivity contribution < 1.29 is 14.3 Å². The number of nitrogens with one attached hydrogen (secondary N) is 2. The lowest BCUT2D eigenvalue weighted by molar-refractivity contribution is 0.102. The zero-order valence-corrected chi connectivity index (χ0v) is 18.5. The summed E-state index contributed by atoms with van der Waals surface area (Å²) in [5.74, 6) is 0.0288. The maximum Gasteiger partial charge on any atom is 0.284 e. The molecule has 8 nitrogen and oxygen atoms in total. The first-order valence-electron chi connectivity index (χ1n) is 9.52. The first-order chi connectivity index (χ1) is 14.9. The average Bonchev–Trinajstić information content (AvgIpc) is 3.19. The van der Waals surface area contributed by atoms with Gasteiger partial charge >= 0.3 is 0 Å². The quantitative estimate of drug-likeness (QED) is 0.606. The molecule has 0 fully saturated rings. The van der Waals surface area contributed by atoms with Crippen molar-refractivity contribution in [2.45, 2.75) is 13.0 Å². The second kappa shape index (κ2) is 9.01. The van der Waals surface area contributed by atoms with Crippen LogP contribution in [-0.2, 0) is 13.0 Å². The van der Waals surface area contributed by atoms with Gasteiger partial charge in [0.05, 0.1) is 29.1 Å². The molecule has 2 N–H and O–H groups in total. The van der Waals surface area contributed by atoms with Crippen molar-refractivity contribution in [3.05, 3.63) is 62.7 Å². The largest absolute Gasteiger partial charge is 0.497 e. The molecule has 3 aromatic rings. The number of thiazole rings is 1. The van der Waals surface area contributed by atoms with Gasteiger partial charge in [0.2, 0.25) is 0 Å². The molecule has 1 aliphatic rings. The number of nitrogens with zero attached hydrogens (tertiary/aromatic N) is 3. The Morgan fingerprint density at radius 1 is 1.19 bits per heavy atom. The number of carbonyl (C=O) groups is 2. The third-order valence-electron chi connectivity index (χ3n) is 4.80. The van der Waals surface area contributed by atoms with Crippen LogP contribution in [0, 0.1) is 0 Å². The van der Waals surface area contributed by atoms with E-state index in [1.165, 1.54) is 24.6 Å². The molecule has 31 heavy (non-hydrogen) atoms. The van der Waals surface area contributed by atoms with Gasteiger partial charge in [0.25, 0.3) is 11.8 Å². The van der Waals surface area contributed by atoms with Crippen molar-refractivity contribution in [1.82, 2.24) is 14.9 Å². The maximum absolute atomic E-state index is 12.9. The lowest BCUT2D eigenvalue weighted by atomic mass is 10.1. The van der Waals surface area contributed by atoms with E-state index in [1.807, 2.05) is 7.05 Å². The summed E-state index contributed by atoms with van der Waals surface area (Å²) in [6.07, 6.45) is 2.26. The normalized spacial score (nSPS) is 13.4. The van der Waals surface area contributed by atoms with E-state index in [-0.39, 0.29) is 11.5 Å². The Morgan fingerprint density at radius 3 is 2.77 bits per heavy atom. The lowest BCUT2D eigenvalue weighted by Gasteiger charge is -2.20. The van der Waals surface area contributed by atoms with Gasteiger partial charge in [-0.25, -0.2) is 9.97 Å². The van der Waals surface area contributed by atoms with E-state index in [0.717, 1.165) is 30.1 Å².